The lowest BCUT2D eigenvalue weighted by Gasteiger charge is -2.21. The summed E-state index contributed by atoms with van der Waals surface area (Å²) in [6, 6.07) is 4.82. The molecule has 1 aromatic carbocycles. The van der Waals surface area contributed by atoms with E-state index in [9.17, 15) is 16.8 Å². The van der Waals surface area contributed by atoms with Gasteiger partial charge in [0.1, 0.15) is 5.75 Å². The molecule has 1 heterocycles. The van der Waals surface area contributed by atoms with Crippen LogP contribution in [0.2, 0.25) is 0 Å². The van der Waals surface area contributed by atoms with E-state index in [1.165, 1.54) is 21.8 Å². The highest BCUT2D eigenvalue weighted by molar-refractivity contribution is 7.89. The molecule has 1 saturated heterocycles. The van der Waals surface area contributed by atoms with Gasteiger partial charge in [0.25, 0.3) is 0 Å². The minimum atomic E-state index is -3.65. The molecule has 23 heavy (non-hydrogen) atoms. The molecule has 1 aliphatic rings. The fourth-order valence-electron chi connectivity index (χ4n) is 2.62. The molecule has 1 fully saturated rings. The first kappa shape index (κ1) is 18.2. The van der Waals surface area contributed by atoms with Gasteiger partial charge in [0, 0.05) is 26.2 Å². The second-order valence-electron chi connectivity index (χ2n) is 5.55. The maximum absolute atomic E-state index is 12.8. The van der Waals surface area contributed by atoms with E-state index in [-0.39, 0.29) is 18.0 Å². The number of methoxy groups -OCH3 is 1. The van der Waals surface area contributed by atoms with Crippen LogP contribution in [0.3, 0.4) is 0 Å². The van der Waals surface area contributed by atoms with E-state index in [2.05, 4.69) is 0 Å². The van der Waals surface area contributed by atoms with E-state index >= 15 is 0 Å². The lowest BCUT2D eigenvalue weighted by molar-refractivity contribution is 0.405. The number of hydrogen-bond donors (Lipinski definition) is 0. The van der Waals surface area contributed by atoms with Crippen LogP contribution in [0.15, 0.2) is 23.1 Å². The molecule has 0 aliphatic carbocycles. The normalized spacial score (nSPS) is 18.6. The Kier molecular flexibility index (Phi) is 5.34. The minimum absolute atomic E-state index is 0.154. The highest BCUT2D eigenvalue weighted by atomic mass is 32.2. The number of sulfonamides is 2. The zero-order chi connectivity index (χ0) is 17.3. The zero-order valence-electron chi connectivity index (χ0n) is 13.5. The van der Waals surface area contributed by atoms with Crippen LogP contribution < -0.4 is 4.74 Å². The van der Waals surface area contributed by atoms with E-state index in [4.69, 9.17) is 4.74 Å². The Morgan fingerprint density at radius 1 is 1.00 bits per heavy atom. The van der Waals surface area contributed by atoms with Crippen LogP contribution in [0, 0.1) is 6.92 Å². The molecule has 1 aliphatic heterocycles. The molecule has 0 spiro atoms. The summed E-state index contributed by atoms with van der Waals surface area (Å²) < 4.78 is 56.7. The van der Waals surface area contributed by atoms with Crippen molar-refractivity contribution in [1.29, 1.82) is 0 Å². The van der Waals surface area contributed by atoms with Crippen molar-refractivity contribution >= 4 is 20.0 Å². The number of ether oxygens (including phenoxy) is 1. The third-order valence-electron chi connectivity index (χ3n) is 3.88. The molecular formula is C14H22N2O5S2. The van der Waals surface area contributed by atoms with Crippen LogP contribution in [-0.4, -0.2) is 65.0 Å². The second-order valence-corrected chi connectivity index (χ2v) is 9.44. The molecule has 2 rings (SSSR count). The molecule has 1 aromatic rings. The quantitative estimate of drug-likeness (QED) is 0.786. The Balaban J connectivity index is 2.26. The summed E-state index contributed by atoms with van der Waals surface area (Å²) in [6.07, 6.45) is 1.62. The van der Waals surface area contributed by atoms with Crippen molar-refractivity contribution in [3.8, 4) is 5.75 Å². The molecule has 0 unspecified atom stereocenters. The number of benzene rings is 1. The van der Waals surface area contributed by atoms with Crippen molar-refractivity contribution in [3.63, 3.8) is 0 Å². The summed E-state index contributed by atoms with van der Waals surface area (Å²) in [4.78, 5) is 0.228. The van der Waals surface area contributed by atoms with E-state index < -0.39 is 20.0 Å². The molecule has 0 amide bonds. The van der Waals surface area contributed by atoms with E-state index in [0.29, 0.717) is 30.8 Å². The maximum Gasteiger partial charge on any atom is 0.243 e. The van der Waals surface area contributed by atoms with Crippen LogP contribution in [0.4, 0.5) is 0 Å². The van der Waals surface area contributed by atoms with Gasteiger partial charge in [-0.25, -0.2) is 21.1 Å². The summed E-state index contributed by atoms with van der Waals surface area (Å²) in [5, 5.41) is 0. The lowest BCUT2D eigenvalue weighted by Crippen LogP contribution is -2.37. The van der Waals surface area contributed by atoms with Crippen molar-refractivity contribution < 1.29 is 21.6 Å². The Hall–Kier alpha value is -1.16. The highest BCUT2D eigenvalue weighted by Crippen LogP contribution is 2.25. The van der Waals surface area contributed by atoms with Crippen LogP contribution in [0.1, 0.15) is 12.0 Å². The predicted molar refractivity (Wildman–Crippen MR) is 87.5 cm³/mol. The van der Waals surface area contributed by atoms with Crippen LogP contribution in [-0.2, 0) is 20.0 Å². The highest BCUT2D eigenvalue weighted by Gasteiger charge is 2.30. The summed E-state index contributed by atoms with van der Waals surface area (Å²) in [5.74, 6) is 0.598. The van der Waals surface area contributed by atoms with E-state index in [0.717, 1.165) is 6.26 Å². The van der Waals surface area contributed by atoms with Gasteiger partial charge in [-0.2, -0.15) is 4.31 Å². The van der Waals surface area contributed by atoms with Gasteiger partial charge in [0.15, 0.2) is 0 Å². The second kappa shape index (κ2) is 6.76. The van der Waals surface area contributed by atoms with Crippen LogP contribution in [0.25, 0.3) is 0 Å². The summed E-state index contributed by atoms with van der Waals surface area (Å²) in [6.45, 7) is 2.69. The van der Waals surface area contributed by atoms with Gasteiger partial charge in [-0.1, -0.05) is 0 Å². The molecule has 7 nitrogen and oxygen atoms in total. The molecule has 0 bridgehead atoms. The van der Waals surface area contributed by atoms with Crippen molar-refractivity contribution in [3.05, 3.63) is 23.8 Å². The van der Waals surface area contributed by atoms with Crippen molar-refractivity contribution in [2.45, 2.75) is 18.2 Å². The first-order valence-electron chi connectivity index (χ1n) is 7.26. The van der Waals surface area contributed by atoms with Gasteiger partial charge in [0.2, 0.25) is 20.0 Å². The first-order valence-corrected chi connectivity index (χ1v) is 10.5. The smallest absolute Gasteiger partial charge is 0.243 e. The Bertz CT molecular complexity index is 774. The van der Waals surface area contributed by atoms with Crippen molar-refractivity contribution in [1.82, 2.24) is 8.61 Å². The maximum atomic E-state index is 12.8. The average Bonchev–Trinajstić information content (AvgIpc) is 2.72. The monoisotopic (exact) mass is 362 g/mol. The van der Waals surface area contributed by atoms with Gasteiger partial charge >= 0.3 is 0 Å². The van der Waals surface area contributed by atoms with E-state index in [1.807, 2.05) is 0 Å². The van der Waals surface area contributed by atoms with Crippen LogP contribution in [0.5, 0.6) is 5.75 Å². The summed E-state index contributed by atoms with van der Waals surface area (Å²) in [7, 11) is -5.43. The molecule has 0 radical (unpaired) electrons. The van der Waals surface area contributed by atoms with Gasteiger partial charge in [-0.05, 0) is 37.1 Å². The SMILES string of the molecule is COc1ccc(S(=O)(=O)N2CCCN(S(C)(=O)=O)CC2)c(C)c1. The fourth-order valence-corrected chi connectivity index (χ4v) is 5.17. The zero-order valence-corrected chi connectivity index (χ0v) is 15.2. The Morgan fingerprint density at radius 3 is 2.17 bits per heavy atom. The third-order valence-corrected chi connectivity index (χ3v) is 7.24. The minimum Gasteiger partial charge on any atom is -0.497 e. The number of rotatable bonds is 4. The topological polar surface area (TPSA) is 84.0 Å². The number of aryl methyl sites for hydroxylation is 1. The van der Waals surface area contributed by atoms with Crippen molar-refractivity contribution in [2.75, 3.05) is 39.5 Å². The third kappa shape index (κ3) is 4.03. The van der Waals surface area contributed by atoms with Gasteiger partial charge < -0.3 is 4.74 Å². The average molecular weight is 362 g/mol. The molecule has 130 valence electrons. The van der Waals surface area contributed by atoms with Crippen molar-refractivity contribution in [2.24, 2.45) is 0 Å². The lowest BCUT2D eigenvalue weighted by atomic mass is 10.2. The largest absolute Gasteiger partial charge is 0.497 e. The number of nitrogens with zero attached hydrogens (tertiary/aromatic N) is 2. The molecule has 0 aromatic heterocycles. The molecule has 0 N–H and O–H groups in total. The molecular weight excluding hydrogens is 340 g/mol. The summed E-state index contributed by atoms with van der Waals surface area (Å²) >= 11 is 0. The molecule has 9 heteroatoms. The first-order chi connectivity index (χ1) is 10.7. The standard InChI is InChI=1S/C14H22N2O5S2/c1-12-11-13(21-2)5-6-14(12)23(19,20)16-8-4-7-15(9-10-16)22(3,17)18/h5-6,11H,4,7-10H2,1-3H3. The fraction of sp³-hybridized carbons (Fsp3) is 0.571. The number of hydrogen-bond acceptors (Lipinski definition) is 5. The molecule has 0 atom stereocenters. The Morgan fingerprint density at radius 2 is 1.61 bits per heavy atom. The summed E-state index contributed by atoms with van der Waals surface area (Å²) in [5.41, 5.74) is 0.605. The van der Waals surface area contributed by atoms with E-state index in [1.54, 1.807) is 19.1 Å². The van der Waals surface area contributed by atoms with Gasteiger partial charge in [0.05, 0.1) is 18.3 Å². The van der Waals surface area contributed by atoms with Crippen LogP contribution >= 0.6 is 0 Å². The Labute approximate surface area is 137 Å². The predicted octanol–water partition coefficient (Wildman–Crippen LogP) is 0.660. The van der Waals surface area contributed by atoms with Gasteiger partial charge in [-0.15, -0.1) is 0 Å². The molecule has 0 saturated carbocycles. The van der Waals surface area contributed by atoms with Gasteiger partial charge in [-0.3, -0.25) is 0 Å².